The van der Waals surface area contributed by atoms with E-state index in [1.165, 1.54) is 13.1 Å². The number of hydrogen-bond donors (Lipinski definition) is 1. The molecular weight excluding hydrogens is 244 g/mol. The number of rotatable bonds is 5. The van der Waals surface area contributed by atoms with Crippen LogP contribution in [0.25, 0.3) is 0 Å². The molecule has 0 fully saturated rings. The molecule has 1 aromatic carbocycles. The first-order chi connectivity index (χ1) is 9.15. The molecule has 0 saturated carbocycles. The molecule has 0 radical (unpaired) electrons. The average molecular weight is 260 g/mol. The van der Waals surface area contributed by atoms with Gasteiger partial charge in [-0.3, -0.25) is 0 Å². The van der Waals surface area contributed by atoms with E-state index in [9.17, 15) is 9.90 Å². The van der Waals surface area contributed by atoms with Gasteiger partial charge in [0.1, 0.15) is 11.3 Å². The molecule has 0 spiro atoms. The summed E-state index contributed by atoms with van der Waals surface area (Å²) in [5, 5.41) is 16.9. The molecule has 1 aromatic rings. The fourth-order valence-electron chi connectivity index (χ4n) is 1.23. The maximum Gasteiger partial charge on any atom is 0.343 e. The summed E-state index contributed by atoms with van der Waals surface area (Å²) < 4.78 is 4.78. The number of benzene rings is 1. The van der Waals surface area contributed by atoms with Crippen LogP contribution < -0.4 is 0 Å². The van der Waals surface area contributed by atoms with E-state index in [1.54, 1.807) is 13.1 Å². The molecule has 0 unspecified atom stereocenters. The lowest BCUT2D eigenvalue weighted by Crippen LogP contribution is -2.10. The lowest BCUT2D eigenvalue weighted by Gasteiger charge is -2.01. The Labute approximate surface area is 111 Å². The van der Waals surface area contributed by atoms with Crippen molar-refractivity contribution in [2.45, 2.75) is 13.8 Å². The lowest BCUT2D eigenvalue weighted by molar-refractivity contribution is -0.138. The molecule has 0 atom stereocenters. The Morgan fingerprint density at radius 3 is 2.58 bits per heavy atom. The standard InChI is InChI=1S/C14H16N2O3/c1-3-19-14(18)13(11(2)17)10-16-15-9-12-7-5-4-6-8-12/h4-10,17H,3H2,1-2H3/b13-11+,15-9-,16-10-. The third-order valence-electron chi connectivity index (χ3n) is 2.15. The van der Waals surface area contributed by atoms with Crippen LogP contribution in [0.2, 0.25) is 0 Å². The van der Waals surface area contributed by atoms with Gasteiger partial charge in [-0.05, 0) is 19.4 Å². The summed E-state index contributed by atoms with van der Waals surface area (Å²) >= 11 is 0. The summed E-state index contributed by atoms with van der Waals surface area (Å²) in [6, 6.07) is 9.41. The van der Waals surface area contributed by atoms with Gasteiger partial charge < -0.3 is 9.84 Å². The highest BCUT2D eigenvalue weighted by Crippen LogP contribution is 2.01. The molecule has 0 aromatic heterocycles. The van der Waals surface area contributed by atoms with E-state index in [1.807, 2.05) is 30.3 Å². The number of aliphatic hydroxyl groups is 1. The summed E-state index contributed by atoms with van der Waals surface area (Å²) in [7, 11) is 0. The van der Waals surface area contributed by atoms with Gasteiger partial charge in [0.25, 0.3) is 0 Å². The average Bonchev–Trinajstić information content (AvgIpc) is 2.39. The van der Waals surface area contributed by atoms with Crippen LogP contribution in [0.15, 0.2) is 51.9 Å². The van der Waals surface area contributed by atoms with Crippen LogP contribution in [0.3, 0.4) is 0 Å². The number of aliphatic hydroxyl groups excluding tert-OH is 1. The van der Waals surface area contributed by atoms with Gasteiger partial charge in [0.05, 0.1) is 19.0 Å². The Bertz CT molecular complexity index is 501. The zero-order valence-corrected chi connectivity index (χ0v) is 10.9. The number of esters is 1. The third kappa shape index (κ3) is 5.16. The van der Waals surface area contributed by atoms with Gasteiger partial charge >= 0.3 is 5.97 Å². The molecule has 0 heterocycles. The summed E-state index contributed by atoms with van der Waals surface area (Å²) in [6.07, 6.45) is 2.72. The van der Waals surface area contributed by atoms with E-state index < -0.39 is 5.97 Å². The highest BCUT2D eigenvalue weighted by Gasteiger charge is 2.11. The SMILES string of the molecule is CCOC(=O)C(/C=N\N=C/c1ccccc1)=C(\C)O. The topological polar surface area (TPSA) is 71.2 Å². The maximum absolute atomic E-state index is 11.5. The highest BCUT2D eigenvalue weighted by molar-refractivity contribution is 6.09. The summed E-state index contributed by atoms with van der Waals surface area (Å²) in [4.78, 5) is 11.5. The molecule has 0 bridgehead atoms. The van der Waals surface area contributed by atoms with E-state index in [0.29, 0.717) is 0 Å². The Kier molecular flexibility index (Phi) is 6.02. The van der Waals surface area contributed by atoms with E-state index in [0.717, 1.165) is 5.56 Å². The smallest absolute Gasteiger partial charge is 0.343 e. The van der Waals surface area contributed by atoms with Crippen molar-refractivity contribution in [2.75, 3.05) is 6.61 Å². The summed E-state index contributed by atoms with van der Waals surface area (Å²) in [5.41, 5.74) is 0.883. The van der Waals surface area contributed by atoms with Gasteiger partial charge in [0, 0.05) is 0 Å². The van der Waals surface area contributed by atoms with Crippen molar-refractivity contribution in [3.63, 3.8) is 0 Å². The minimum atomic E-state index is -0.624. The predicted octanol–water partition coefficient (Wildman–Crippen LogP) is 2.49. The normalized spacial score (nSPS) is 12.7. The Balaban J connectivity index is 2.71. The molecule has 5 heteroatoms. The Hall–Kier alpha value is -2.43. The van der Waals surface area contributed by atoms with Crippen molar-refractivity contribution >= 4 is 18.4 Å². The molecule has 5 nitrogen and oxygen atoms in total. The van der Waals surface area contributed by atoms with Gasteiger partial charge in [-0.2, -0.15) is 10.2 Å². The predicted molar refractivity (Wildman–Crippen MR) is 74.5 cm³/mol. The largest absolute Gasteiger partial charge is 0.512 e. The van der Waals surface area contributed by atoms with Gasteiger partial charge in [0.15, 0.2) is 0 Å². The number of ether oxygens (including phenoxy) is 1. The van der Waals surface area contributed by atoms with Gasteiger partial charge in [-0.15, -0.1) is 0 Å². The lowest BCUT2D eigenvalue weighted by atomic mass is 10.2. The fraction of sp³-hybridized carbons (Fsp3) is 0.214. The second-order valence-corrected chi connectivity index (χ2v) is 3.62. The number of carbonyl (C=O) groups is 1. The van der Waals surface area contributed by atoms with Gasteiger partial charge in [-0.25, -0.2) is 4.79 Å². The second kappa shape index (κ2) is 7.81. The van der Waals surface area contributed by atoms with E-state index >= 15 is 0 Å². The minimum absolute atomic E-state index is 0.00735. The zero-order valence-electron chi connectivity index (χ0n) is 10.9. The number of hydrogen-bond acceptors (Lipinski definition) is 5. The second-order valence-electron chi connectivity index (χ2n) is 3.62. The van der Waals surface area contributed by atoms with E-state index in [2.05, 4.69) is 10.2 Å². The molecule has 100 valence electrons. The molecule has 1 rings (SSSR count). The third-order valence-corrected chi connectivity index (χ3v) is 2.15. The van der Waals surface area contributed by atoms with Crippen LogP contribution in [0.5, 0.6) is 0 Å². The molecule has 19 heavy (non-hydrogen) atoms. The molecule has 1 N–H and O–H groups in total. The Morgan fingerprint density at radius 1 is 1.32 bits per heavy atom. The van der Waals surface area contributed by atoms with Crippen LogP contribution >= 0.6 is 0 Å². The fourth-order valence-corrected chi connectivity index (χ4v) is 1.23. The first-order valence-corrected chi connectivity index (χ1v) is 5.83. The monoisotopic (exact) mass is 260 g/mol. The molecule has 0 aliphatic heterocycles. The van der Waals surface area contributed by atoms with E-state index in [-0.39, 0.29) is 17.9 Å². The van der Waals surface area contributed by atoms with Crippen molar-refractivity contribution in [2.24, 2.45) is 10.2 Å². The van der Waals surface area contributed by atoms with E-state index in [4.69, 9.17) is 4.74 Å². The van der Waals surface area contributed by atoms with Crippen LogP contribution in [0.1, 0.15) is 19.4 Å². The van der Waals surface area contributed by atoms with Crippen molar-refractivity contribution < 1.29 is 14.6 Å². The molecule has 0 amide bonds. The maximum atomic E-state index is 11.5. The number of allylic oxidation sites excluding steroid dienone is 1. The molecule has 0 aliphatic rings. The quantitative estimate of drug-likeness (QED) is 0.291. The number of carbonyl (C=O) groups excluding carboxylic acids is 1. The van der Waals surface area contributed by atoms with Crippen LogP contribution in [-0.2, 0) is 9.53 Å². The van der Waals surface area contributed by atoms with Gasteiger partial charge in [0.2, 0.25) is 0 Å². The highest BCUT2D eigenvalue weighted by atomic mass is 16.5. The molecule has 0 saturated heterocycles. The van der Waals surface area contributed by atoms with Crippen LogP contribution in [0.4, 0.5) is 0 Å². The minimum Gasteiger partial charge on any atom is -0.512 e. The summed E-state index contributed by atoms with van der Waals surface area (Å²) in [5.74, 6) is -0.779. The molecule has 0 aliphatic carbocycles. The van der Waals surface area contributed by atoms with Crippen LogP contribution in [-0.4, -0.2) is 30.1 Å². The van der Waals surface area contributed by atoms with Crippen molar-refractivity contribution in [1.82, 2.24) is 0 Å². The van der Waals surface area contributed by atoms with Crippen molar-refractivity contribution in [3.05, 3.63) is 47.2 Å². The van der Waals surface area contributed by atoms with Gasteiger partial charge in [-0.1, -0.05) is 30.3 Å². The van der Waals surface area contributed by atoms with Crippen LogP contribution in [0, 0.1) is 0 Å². The molecular formula is C14H16N2O3. The first kappa shape index (κ1) is 14.6. The Morgan fingerprint density at radius 2 is 2.00 bits per heavy atom. The zero-order chi connectivity index (χ0) is 14.1. The number of nitrogens with zero attached hydrogens (tertiary/aromatic N) is 2. The first-order valence-electron chi connectivity index (χ1n) is 5.83. The van der Waals surface area contributed by atoms with Crippen molar-refractivity contribution in [3.8, 4) is 0 Å². The summed E-state index contributed by atoms with van der Waals surface area (Å²) in [6.45, 7) is 3.31. The van der Waals surface area contributed by atoms with Crippen molar-refractivity contribution in [1.29, 1.82) is 0 Å².